The number of para-hydroxylation sites is 2. The lowest BCUT2D eigenvalue weighted by Crippen LogP contribution is -1.97. The summed E-state index contributed by atoms with van der Waals surface area (Å²) < 4.78 is 2.28. The molecule has 0 bridgehead atoms. The monoisotopic (exact) mass is 498 g/mol. The van der Waals surface area contributed by atoms with Crippen molar-refractivity contribution in [3.63, 3.8) is 0 Å². The van der Waals surface area contributed by atoms with Crippen molar-refractivity contribution in [3.8, 4) is 28.3 Å². The molecule has 3 aromatic heterocycles. The molecule has 5 aromatic carbocycles. The number of benzene rings is 5. The van der Waals surface area contributed by atoms with Gasteiger partial charge in [0.1, 0.15) is 0 Å². The Kier molecular flexibility index (Phi) is 4.79. The lowest BCUT2D eigenvalue weighted by atomic mass is 10.0. The minimum absolute atomic E-state index is 0.734. The molecule has 4 nitrogen and oxygen atoms in total. The lowest BCUT2D eigenvalue weighted by molar-refractivity contribution is 1.17. The van der Waals surface area contributed by atoms with E-state index in [9.17, 15) is 0 Å². The van der Waals surface area contributed by atoms with Gasteiger partial charge in [0, 0.05) is 33.8 Å². The zero-order valence-corrected chi connectivity index (χ0v) is 21.0. The van der Waals surface area contributed by atoms with Crippen molar-refractivity contribution >= 4 is 43.6 Å². The molecular formula is C35H22N4. The third-order valence-corrected chi connectivity index (χ3v) is 7.46. The van der Waals surface area contributed by atoms with Crippen LogP contribution in [0.1, 0.15) is 0 Å². The highest BCUT2D eigenvalue weighted by molar-refractivity contribution is 6.07. The fourth-order valence-electron chi connectivity index (χ4n) is 5.67. The smallest absolute Gasteiger partial charge is 0.161 e. The Bertz CT molecular complexity index is 2120. The third kappa shape index (κ3) is 3.42. The second-order valence-corrected chi connectivity index (χ2v) is 9.71. The van der Waals surface area contributed by atoms with Gasteiger partial charge in [0.2, 0.25) is 0 Å². The van der Waals surface area contributed by atoms with Crippen molar-refractivity contribution in [2.24, 2.45) is 0 Å². The highest BCUT2D eigenvalue weighted by Gasteiger charge is 2.15. The summed E-state index contributed by atoms with van der Waals surface area (Å²) in [5.74, 6) is 0.734. The van der Waals surface area contributed by atoms with Crippen LogP contribution in [0.3, 0.4) is 0 Å². The molecule has 8 rings (SSSR count). The summed E-state index contributed by atoms with van der Waals surface area (Å²) in [5.41, 5.74) is 8.29. The molecule has 0 spiro atoms. The topological polar surface area (TPSA) is 43.6 Å². The molecule has 39 heavy (non-hydrogen) atoms. The van der Waals surface area contributed by atoms with Crippen LogP contribution in [0.2, 0.25) is 0 Å². The van der Waals surface area contributed by atoms with Gasteiger partial charge in [-0.2, -0.15) is 0 Å². The fourth-order valence-corrected chi connectivity index (χ4v) is 5.67. The van der Waals surface area contributed by atoms with Crippen LogP contribution in [0.5, 0.6) is 0 Å². The van der Waals surface area contributed by atoms with Crippen molar-refractivity contribution in [1.82, 2.24) is 19.5 Å². The molecule has 8 aromatic rings. The van der Waals surface area contributed by atoms with Gasteiger partial charge < -0.3 is 4.57 Å². The van der Waals surface area contributed by atoms with Crippen LogP contribution in [-0.4, -0.2) is 19.5 Å². The Morgan fingerprint density at radius 2 is 1.23 bits per heavy atom. The molecule has 182 valence electrons. The maximum atomic E-state index is 5.16. The minimum Gasteiger partial charge on any atom is -0.308 e. The Labute approximate surface area is 224 Å². The van der Waals surface area contributed by atoms with E-state index in [-0.39, 0.29) is 0 Å². The van der Waals surface area contributed by atoms with Gasteiger partial charge in [0.15, 0.2) is 5.82 Å². The molecule has 0 fully saturated rings. The standard InChI is InChI=1S/C35H22N4/c1-2-11-26-23(9-1)10-7-14-27(26)35-37-30-15-5-3-12-28(30)33(38-35)24-18-20-25(21-19-24)39-31-16-6-4-13-29(31)34-32(39)17-8-22-36-34/h1-22H. The van der Waals surface area contributed by atoms with Crippen LogP contribution in [0, 0.1) is 0 Å². The molecule has 0 aliphatic heterocycles. The molecule has 0 unspecified atom stereocenters. The van der Waals surface area contributed by atoms with Crippen molar-refractivity contribution in [1.29, 1.82) is 0 Å². The molecule has 0 aliphatic rings. The second kappa shape index (κ2) is 8.61. The highest BCUT2D eigenvalue weighted by Crippen LogP contribution is 2.34. The average molecular weight is 499 g/mol. The quantitative estimate of drug-likeness (QED) is 0.245. The summed E-state index contributed by atoms with van der Waals surface area (Å²) in [7, 11) is 0. The van der Waals surface area contributed by atoms with Gasteiger partial charge in [-0.1, -0.05) is 91.0 Å². The molecule has 0 N–H and O–H groups in total. The van der Waals surface area contributed by atoms with Gasteiger partial charge in [0.25, 0.3) is 0 Å². The molecular weight excluding hydrogens is 476 g/mol. The molecule has 0 aliphatic carbocycles. The zero-order chi connectivity index (χ0) is 25.8. The predicted octanol–water partition coefficient (Wildman–Crippen LogP) is 8.61. The van der Waals surface area contributed by atoms with Crippen molar-refractivity contribution in [2.45, 2.75) is 0 Å². The summed E-state index contributed by atoms with van der Waals surface area (Å²) in [4.78, 5) is 14.8. The van der Waals surface area contributed by atoms with Gasteiger partial charge in [-0.05, 0) is 47.2 Å². The van der Waals surface area contributed by atoms with E-state index >= 15 is 0 Å². The maximum absolute atomic E-state index is 5.16. The third-order valence-electron chi connectivity index (χ3n) is 7.46. The second-order valence-electron chi connectivity index (χ2n) is 9.71. The van der Waals surface area contributed by atoms with E-state index in [0.29, 0.717) is 0 Å². The SMILES string of the molecule is c1ccc2c(-c3nc(-c4ccc(-n5c6ccccc6c6ncccc65)cc4)c4ccccc4n3)cccc2c1. The number of rotatable bonds is 3. The Hall–Kier alpha value is -5.35. The summed E-state index contributed by atoms with van der Waals surface area (Å²) in [6, 6.07) is 44.2. The summed E-state index contributed by atoms with van der Waals surface area (Å²) >= 11 is 0. The summed E-state index contributed by atoms with van der Waals surface area (Å²) in [6.07, 6.45) is 1.86. The summed E-state index contributed by atoms with van der Waals surface area (Å²) in [6.45, 7) is 0. The number of aromatic nitrogens is 4. The van der Waals surface area contributed by atoms with Crippen molar-refractivity contribution in [2.75, 3.05) is 0 Å². The molecule has 0 saturated carbocycles. The van der Waals surface area contributed by atoms with E-state index in [1.807, 2.05) is 24.4 Å². The molecule has 0 atom stereocenters. The summed E-state index contributed by atoms with van der Waals surface area (Å²) in [5, 5.41) is 4.52. The maximum Gasteiger partial charge on any atom is 0.161 e. The Balaban J connectivity index is 1.32. The van der Waals surface area contributed by atoms with Crippen LogP contribution >= 0.6 is 0 Å². The van der Waals surface area contributed by atoms with Gasteiger partial charge in [-0.3, -0.25) is 4.98 Å². The minimum atomic E-state index is 0.734. The van der Waals surface area contributed by atoms with E-state index in [0.717, 1.165) is 66.6 Å². The average Bonchev–Trinajstić information content (AvgIpc) is 3.35. The van der Waals surface area contributed by atoms with Gasteiger partial charge in [-0.25, -0.2) is 9.97 Å². The highest BCUT2D eigenvalue weighted by atomic mass is 15.0. The van der Waals surface area contributed by atoms with Crippen molar-refractivity contribution < 1.29 is 0 Å². The number of nitrogens with zero attached hydrogens (tertiary/aromatic N) is 4. The number of pyridine rings is 1. The van der Waals surface area contributed by atoms with E-state index in [4.69, 9.17) is 9.97 Å². The largest absolute Gasteiger partial charge is 0.308 e. The van der Waals surface area contributed by atoms with Crippen LogP contribution in [0.15, 0.2) is 134 Å². The normalized spacial score (nSPS) is 11.6. The molecule has 3 heterocycles. The molecule has 0 amide bonds. The Morgan fingerprint density at radius 1 is 0.513 bits per heavy atom. The van der Waals surface area contributed by atoms with Crippen molar-refractivity contribution in [3.05, 3.63) is 134 Å². The predicted molar refractivity (Wildman–Crippen MR) is 160 cm³/mol. The van der Waals surface area contributed by atoms with Gasteiger partial charge in [0.05, 0.1) is 27.8 Å². The van der Waals surface area contributed by atoms with Crippen LogP contribution in [0.25, 0.3) is 71.9 Å². The van der Waals surface area contributed by atoms with Crippen LogP contribution in [-0.2, 0) is 0 Å². The number of hydrogen-bond donors (Lipinski definition) is 0. The first-order chi connectivity index (χ1) is 19.3. The van der Waals surface area contributed by atoms with E-state index in [1.165, 1.54) is 5.39 Å². The molecule has 0 radical (unpaired) electrons. The van der Waals surface area contributed by atoms with Gasteiger partial charge >= 0.3 is 0 Å². The molecule has 0 saturated heterocycles. The number of fused-ring (bicyclic) bond motifs is 5. The van der Waals surface area contributed by atoms with Crippen LogP contribution in [0.4, 0.5) is 0 Å². The number of hydrogen-bond acceptors (Lipinski definition) is 3. The fraction of sp³-hybridized carbons (Fsp3) is 0. The van der Waals surface area contributed by atoms with Crippen LogP contribution < -0.4 is 0 Å². The van der Waals surface area contributed by atoms with Gasteiger partial charge in [-0.15, -0.1) is 0 Å². The first kappa shape index (κ1) is 21.7. The lowest BCUT2D eigenvalue weighted by Gasteiger charge is -2.12. The first-order valence-electron chi connectivity index (χ1n) is 13.0. The first-order valence-corrected chi connectivity index (χ1v) is 13.0. The Morgan fingerprint density at radius 3 is 2.13 bits per heavy atom. The molecule has 4 heteroatoms. The van der Waals surface area contributed by atoms with E-state index < -0.39 is 0 Å². The van der Waals surface area contributed by atoms with E-state index in [2.05, 4.69) is 119 Å². The zero-order valence-electron chi connectivity index (χ0n) is 21.0. The van der Waals surface area contributed by atoms with E-state index in [1.54, 1.807) is 0 Å².